The third-order valence-electron chi connectivity index (χ3n) is 4.22. The Balaban J connectivity index is 2.23. The molecule has 0 spiro atoms. The number of hydrogen-bond acceptors (Lipinski definition) is 1. The van der Waals surface area contributed by atoms with E-state index in [1.54, 1.807) is 0 Å². The maximum atomic E-state index is 4.76. The van der Waals surface area contributed by atoms with E-state index in [0.717, 1.165) is 11.8 Å². The largest absolute Gasteiger partial charge is 0.172 e. The van der Waals surface area contributed by atoms with Crippen LogP contribution in [0.5, 0.6) is 0 Å². The molecule has 0 heterocycles. The van der Waals surface area contributed by atoms with Crippen molar-refractivity contribution in [2.24, 2.45) is 17.3 Å². The summed E-state index contributed by atoms with van der Waals surface area (Å²) in [5, 5.41) is 0. The fraction of sp³-hybridized carbons (Fsp3) is 1.00. The van der Waals surface area contributed by atoms with Gasteiger partial charge in [-0.15, -0.1) is 0 Å². The summed E-state index contributed by atoms with van der Waals surface area (Å²) >= 11 is 4.76. The highest BCUT2D eigenvalue weighted by Gasteiger charge is 2.57. The number of fused-ring (bicyclic) bond motifs is 2. The molecule has 0 radical (unpaired) electrons. The molecule has 3 fully saturated rings. The van der Waals surface area contributed by atoms with Crippen molar-refractivity contribution in [1.82, 2.24) is 0 Å². The van der Waals surface area contributed by atoms with Gasteiger partial charge in [-0.05, 0) is 36.5 Å². The minimum Gasteiger partial charge on any atom is -0.172 e. The molecule has 11 heavy (non-hydrogen) atoms. The van der Waals surface area contributed by atoms with Gasteiger partial charge in [0.15, 0.2) is 0 Å². The van der Waals surface area contributed by atoms with Crippen LogP contribution in [-0.2, 0) is 0 Å². The van der Waals surface area contributed by atoms with E-state index in [0.29, 0.717) is 10.2 Å². The standard InChI is InChI=1S/C10H18S/c1-9(2)7-4-5-10(3,11)8(9)6-7/h7-8,11H,4-6H2,1-3H3/t7-,8-,10+/m1/s1. The van der Waals surface area contributed by atoms with Crippen molar-refractivity contribution in [1.29, 1.82) is 0 Å². The van der Waals surface area contributed by atoms with Crippen LogP contribution in [0.4, 0.5) is 0 Å². The quantitative estimate of drug-likeness (QED) is 0.531. The molecular weight excluding hydrogens is 152 g/mol. The van der Waals surface area contributed by atoms with Crippen LogP contribution in [0.1, 0.15) is 40.0 Å². The summed E-state index contributed by atoms with van der Waals surface area (Å²) in [6.07, 6.45) is 4.17. The van der Waals surface area contributed by atoms with Gasteiger partial charge in [0.2, 0.25) is 0 Å². The lowest BCUT2D eigenvalue weighted by Gasteiger charge is -2.63. The highest BCUT2D eigenvalue weighted by atomic mass is 32.1. The maximum absolute atomic E-state index is 4.76. The van der Waals surface area contributed by atoms with E-state index in [9.17, 15) is 0 Å². The van der Waals surface area contributed by atoms with E-state index in [2.05, 4.69) is 20.8 Å². The molecule has 64 valence electrons. The van der Waals surface area contributed by atoms with Gasteiger partial charge in [0.25, 0.3) is 0 Å². The molecule has 0 nitrogen and oxygen atoms in total. The minimum absolute atomic E-state index is 0.332. The van der Waals surface area contributed by atoms with Gasteiger partial charge in [-0.1, -0.05) is 20.8 Å². The molecular formula is C10H18S. The second-order valence-electron chi connectivity index (χ2n) is 5.20. The molecule has 3 rings (SSSR count). The van der Waals surface area contributed by atoms with Gasteiger partial charge < -0.3 is 0 Å². The van der Waals surface area contributed by atoms with Crippen LogP contribution < -0.4 is 0 Å². The van der Waals surface area contributed by atoms with Crippen molar-refractivity contribution in [3.8, 4) is 0 Å². The van der Waals surface area contributed by atoms with Crippen LogP contribution in [0, 0.1) is 17.3 Å². The molecule has 0 aromatic rings. The van der Waals surface area contributed by atoms with Crippen molar-refractivity contribution >= 4 is 12.6 Å². The average Bonchev–Trinajstić information content (AvgIpc) is 1.84. The first kappa shape index (κ1) is 7.97. The second kappa shape index (κ2) is 1.99. The summed E-state index contributed by atoms with van der Waals surface area (Å²) in [4.78, 5) is 0. The summed E-state index contributed by atoms with van der Waals surface area (Å²) in [6, 6.07) is 0. The van der Waals surface area contributed by atoms with Crippen LogP contribution >= 0.6 is 12.6 Å². The van der Waals surface area contributed by atoms with Gasteiger partial charge >= 0.3 is 0 Å². The topological polar surface area (TPSA) is 0 Å². The van der Waals surface area contributed by atoms with E-state index in [1.165, 1.54) is 19.3 Å². The van der Waals surface area contributed by atoms with Crippen LogP contribution in [0.25, 0.3) is 0 Å². The lowest BCUT2D eigenvalue weighted by atomic mass is 9.45. The molecule has 3 aliphatic carbocycles. The molecule has 0 aromatic carbocycles. The normalized spacial score (nSPS) is 53.5. The molecule has 2 bridgehead atoms. The summed E-state index contributed by atoms with van der Waals surface area (Å²) < 4.78 is 0.332. The predicted molar refractivity (Wildman–Crippen MR) is 52.0 cm³/mol. The number of hydrogen-bond donors (Lipinski definition) is 1. The van der Waals surface area contributed by atoms with Crippen LogP contribution in [-0.4, -0.2) is 4.75 Å². The Bertz CT molecular complexity index is 171. The van der Waals surface area contributed by atoms with Gasteiger partial charge in [0.05, 0.1) is 0 Å². The molecule has 3 aliphatic rings. The third kappa shape index (κ3) is 0.898. The zero-order valence-electron chi connectivity index (χ0n) is 7.72. The van der Waals surface area contributed by atoms with Gasteiger partial charge in [0.1, 0.15) is 0 Å². The lowest BCUT2D eigenvalue weighted by Crippen LogP contribution is -2.57. The van der Waals surface area contributed by atoms with Gasteiger partial charge in [0, 0.05) is 4.75 Å². The van der Waals surface area contributed by atoms with Crippen LogP contribution in [0.3, 0.4) is 0 Å². The van der Waals surface area contributed by atoms with E-state index in [1.807, 2.05) is 0 Å². The van der Waals surface area contributed by atoms with Crippen molar-refractivity contribution in [2.45, 2.75) is 44.8 Å². The first-order chi connectivity index (χ1) is 4.94. The number of rotatable bonds is 0. The predicted octanol–water partition coefficient (Wildman–Crippen LogP) is 3.13. The lowest BCUT2D eigenvalue weighted by molar-refractivity contribution is -0.0845. The van der Waals surface area contributed by atoms with Gasteiger partial charge in [-0.25, -0.2) is 0 Å². The highest BCUT2D eigenvalue weighted by molar-refractivity contribution is 7.81. The molecule has 0 unspecified atom stereocenters. The first-order valence-electron chi connectivity index (χ1n) is 4.67. The molecule has 0 saturated heterocycles. The molecule has 0 N–H and O–H groups in total. The molecule has 0 amide bonds. The summed E-state index contributed by atoms with van der Waals surface area (Å²) in [5.41, 5.74) is 0.592. The molecule has 3 saturated carbocycles. The monoisotopic (exact) mass is 170 g/mol. The van der Waals surface area contributed by atoms with Crippen molar-refractivity contribution in [3.05, 3.63) is 0 Å². The smallest absolute Gasteiger partial charge is 0.0135 e. The minimum atomic E-state index is 0.332. The van der Waals surface area contributed by atoms with Crippen molar-refractivity contribution in [2.75, 3.05) is 0 Å². The zero-order chi connectivity index (χ0) is 8.28. The van der Waals surface area contributed by atoms with E-state index in [-0.39, 0.29) is 0 Å². The van der Waals surface area contributed by atoms with Crippen molar-refractivity contribution in [3.63, 3.8) is 0 Å². The maximum Gasteiger partial charge on any atom is 0.0135 e. The Hall–Kier alpha value is 0.350. The highest BCUT2D eigenvalue weighted by Crippen LogP contribution is 2.64. The van der Waals surface area contributed by atoms with Crippen molar-refractivity contribution < 1.29 is 0 Å². The molecule has 3 atom stereocenters. The third-order valence-corrected chi connectivity index (χ3v) is 4.76. The fourth-order valence-electron chi connectivity index (χ4n) is 3.20. The van der Waals surface area contributed by atoms with Crippen LogP contribution in [0.15, 0.2) is 0 Å². The van der Waals surface area contributed by atoms with Gasteiger partial charge in [-0.3, -0.25) is 0 Å². The Morgan fingerprint density at radius 3 is 2.18 bits per heavy atom. The summed E-state index contributed by atoms with van der Waals surface area (Å²) in [6.45, 7) is 7.15. The summed E-state index contributed by atoms with van der Waals surface area (Å²) in [7, 11) is 0. The average molecular weight is 170 g/mol. The Labute approximate surface area is 75.2 Å². The first-order valence-corrected chi connectivity index (χ1v) is 5.12. The van der Waals surface area contributed by atoms with Crippen LogP contribution in [0.2, 0.25) is 0 Å². The molecule has 0 aromatic heterocycles. The Morgan fingerprint density at radius 2 is 1.91 bits per heavy atom. The Kier molecular flexibility index (Phi) is 1.44. The SMILES string of the molecule is CC1(C)[C@@H]2CC[C@](C)(S)[C@@H]1C2. The van der Waals surface area contributed by atoms with E-state index < -0.39 is 0 Å². The summed E-state index contributed by atoms with van der Waals surface area (Å²) in [5.74, 6) is 1.88. The number of thiol groups is 1. The Morgan fingerprint density at radius 1 is 1.27 bits per heavy atom. The second-order valence-corrected chi connectivity index (χ2v) is 6.22. The van der Waals surface area contributed by atoms with Gasteiger partial charge in [-0.2, -0.15) is 12.6 Å². The van der Waals surface area contributed by atoms with E-state index >= 15 is 0 Å². The molecule has 1 heteroatoms. The zero-order valence-corrected chi connectivity index (χ0v) is 8.62. The van der Waals surface area contributed by atoms with E-state index in [4.69, 9.17) is 12.6 Å². The molecule has 0 aliphatic heterocycles. The fourth-order valence-corrected chi connectivity index (χ4v) is 3.77.